The lowest BCUT2D eigenvalue weighted by molar-refractivity contribution is -0.139. The molecule has 1 aromatic carbocycles. The molecule has 1 atom stereocenters. The number of rotatable bonds is 16. The van der Waals surface area contributed by atoms with Crippen LogP contribution < -0.4 is 15.6 Å². The number of cyclic esters (lactones) is 1. The number of amides is 3. The summed E-state index contributed by atoms with van der Waals surface area (Å²) in [5.74, 6) is -1.24. The van der Waals surface area contributed by atoms with Gasteiger partial charge in [-0.3, -0.25) is 19.0 Å². The minimum absolute atomic E-state index is 0.00110. The predicted octanol–water partition coefficient (Wildman–Crippen LogP) is 5.55. The quantitative estimate of drug-likeness (QED) is 0.207. The Hall–Kier alpha value is -4.35. The first-order valence-electron chi connectivity index (χ1n) is 15.4. The average molecular weight is 607 g/mol. The SMILES string of the molecule is CCCCCCCCCCCCn1c(C(C(=O)Nc2ccccc2OC)N2C(=O)OC(C)(C)C2=O)nc2nccnc2c1=O. The molecule has 12 nitrogen and oxygen atoms in total. The van der Waals surface area contributed by atoms with Gasteiger partial charge < -0.3 is 14.8 Å². The predicted molar refractivity (Wildman–Crippen MR) is 165 cm³/mol. The van der Waals surface area contributed by atoms with E-state index in [1.165, 1.54) is 76.4 Å². The molecule has 4 rings (SSSR count). The number of carbonyl (C=O) groups excluding carboxylic acids is 3. The van der Waals surface area contributed by atoms with Crippen LogP contribution in [0.3, 0.4) is 0 Å². The molecule has 1 unspecified atom stereocenters. The van der Waals surface area contributed by atoms with Crippen molar-refractivity contribution in [1.29, 1.82) is 0 Å². The van der Waals surface area contributed by atoms with Crippen LogP contribution in [0.2, 0.25) is 0 Å². The molecular formula is C32H42N6O6. The van der Waals surface area contributed by atoms with Gasteiger partial charge in [0.1, 0.15) is 11.6 Å². The Bertz CT molecular complexity index is 1540. The van der Waals surface area contributed by atoms with Crippen LogP contribution in [-0.2, 0) is 20.9 Å². The number of nitrogens with one attached hydrogen (secondary N) is 1. The number of anilines is 1. The van der Waals surface area contributed by atoms with Crippen LogP contribution in [0.25, 0.3) is 11.2 Å². The summed E-state index contributed by atoms with van der Waals surface area (Å²) in [6.45, 7) is 5.30. The second-order valence-corrected chi connectivity index (χ2v) is 11.5. The maximum atomic E-state index is 14.1. The maximum absolute atomic E-state index is 14.1. The van der Waals surface area contributed by atoms with E-state index in [4.69, 9.17) is 9.47 Å². The first kappa shape index (κ1) is 32.6. The number of hydrogen-bond donors (Lipinski definition) is 1. The highest BCUT2D eigenvalue weighted by Gasteiger charge is 2.53. The molecule has 1 fully saturated rings. The fourth-order valence-electron chi connectivity index (χ4n) is 5.35. The summed E-state index contributed by atoms with van der Waals surface area (Å²) in [6.07, 6.45) is 12.8. The Labute approximate surface area is 257 Å². The molecule has 0 radical (unpaired) electrons. The summed E-state index contributed by atoms with van der Waals surface area (Å²) in [5.41, 5.74) is -1.68. The van der Waals surface area contributed by atoms with Crippen molar-refractivity contribution in [2.24, 2.45) is 0 Å². The number of ether oxygens (including phenoxy) is 2. The van der Waals surface area contributed by atoms with Crippen LogP contribution in [0, 0.1) is 0 Å². The van der Waals surface area contributed by atoms with Crippen LogP contribution in [0.5, 0.6) is 5.75 Å². The lowest BCUT2D eigenvalue weighted by atomic mass is 10.1. The van der Waals surface area contributed by atoms with E-state index in [1.54, 1.807) is 24.3 Å². The number of benzene rings is 1. The van der Waals surface area contributed by atoms with Gasteiger partial charge in [0, 0.05) is 18.9 Å². The summed E-state index contributed by atoms with van der Waals surface area (Å²) in [6, 6.07) is 5.09. The van der Waals surface area contributed by atoms with Gasteiger partial charge in [-0.2, -0.15) is 0 Å². The van der Waals surface area contributed by atoms with E-state index in [-0.39, 0.29) is 23.5 Å². The van der Waals surface area contributed by atoms with Gasteiger partial charge in [0.05, 0.1) is 12.8 Å². The zero-order valence-corrected chi connectivity index (χ0v) is 26.0. The normalized spacial score (nSPS) is 15.0. The van der Waals surface area contributed by atoms with Gasteiger partial charge in [0.15, 0.2) is 22.8 Å². The first-order chi connectivity index (χ1) is 21.2. The number of aromatic nitrogens is 4. The van der Waals surface area contributed by atoms with E-state index in [0.29, 0.717) is 17.9 Å². The number of hydrogen-bond acceptors (Lipinski definition) is 9. The number of nitrogens with zero attached hydrogens (tertiary/aromatic N) is 5. The fourth-order valence-corrected chi connectivity index (χ4v) is 5.35. The number of fused-ring (bicyclic) bond motifs is 1. The zero-order chi connectivity index (χ0) is 31.7. The van der Waals surface area contributed by atoms with Crippen molar-refractivity contribution >= 4 is 34.8 Å². The molecule has 44 heavy (non-hydrogen) atoms. The molecule has 12 heteroatoms. The van der Waals surface area contributed by atoms with Gasteiger partial charge >= 0.3 is 6.09 Å². The van der Waals surface area contributed by atoms with Crippen molar-refractivity contribution in [2.45, 2.75) is 103 Å². The van der Waals surface area contributed by atoms with Crippen molar-refractivity contribution < 1.29 is 23.9 Å². The van der Waals surface area contributed by atoms with Crippen molar-refractivity contribution in [3.05, 3.63) is 52.8 Å². The number of methoxy groups -OCH3 is 1. The second-order valence-electron chi connectivity index (χ2n) is 11.5. The Balaban J connectivity index is 1.67. The molecule has 3 amide bonds. The van der Waals surface area contributed by atoms with E-state index >= 15 is 0 Å². The van der Waals surface area contributed by atoms with Crippen molar-refractivity contribution in [3.8, 4) is 5.75 Å². The largest absolute Gasteiger partial charge is 0.495 e. The number of unbranched alkanes of at least 4 members (excludes halogenated alkanes) is 9. The monoisotopic (exact) mass is 606 g/mol. The zero-order valence-electron chi connectivity index (χ0n) is 26.0. The van der Waals surface area contributed by atoms with E-state index < -0.39 is 35.1 Å². The lowest BCUT2D eigenvalue weighted by Gasteiger charge is -2.26. The lowest BCUT2D eigenvalue weighted by Crippen LogP contribution is -2.46. The minimum atomic E-state index is -1.64. The van der Waals surface area contributed by atoms with Gasteiger partial charge in [0.25, 0.3) is 17.4 Å². The summed E-state index contributed by atoms with van der Waals surface area (Å²) in [7, 11) is 1.46. The fraction of sp³-hybridized carbons (Fsp3) is 0.531. The Morgan fingerprint density at radius 2 is 1.59 bits per heavy atom. The highest BCUT2D eigenvalue weighted by Crippen LogP contribution is 2.33. The summed E-state index contributed by atoms with van der Waals surface area (Å²) >= 11 is 0. The molecule has 236 valence electrons. The molecule has 0 spiro atoms. The van der Waals surface area contributed by atoms with Gasteiger partial charge in [-0.25, -0.2) is 24.6 Å². The second kappa shape index (κ2) is 14.9. The van der Waals surface area contributed by atoms with E-state index in [2.05, 4.69) is 27.2 Å². The van der Waals surface area contributed by atoms with Crippen molar-refractivity contribution in [2.75, 3.05) is 12.4 Å². The average Bonchev–Trinajstić information content (AvgIpc) is 3.21. The Kier molecular flexibility index (Phi) is 11.0. The smallest absolute Gasteiger partial charge is 0.418 e. The van der Waals surface area contributed by atoms with E-state index in [9.17, 15) is 19.2 Å². The van der Waals surface area contributed by atoms with Crippen LogP contribution in [0.4, 0.5) is 10.5 Å². The van der Waals surface area contributed by atoms with Gasteiger partial charge in [-0.1, -0.05) is 76.8 Å². The van der Waals surface area contributed by atoms with Gasteiger partial charge in [0.2, 0.25) is 0 Å². The van der Waals surface area contributed by atoms with Crippen LogP contribution in [0.1, 0.15) is 96.8 Å². The molecule has 3 aromatic rings. The Morgan fingerprint density at radius 3 is 2.23 bits per heavy atom. The Morgan fingerprint density at radius 1 is 0.955 bits per heavy atom. The van der Waals surface area contributed by atoms with Crippen LogP contribution in [-0.4, -0.2) is 55.0 Å². The van der Waals surface area contributed by atoms with Crippen LogP contribution >= 0.6 is 0 Å². The highest BCUT2D eigenvalue weighted by atomic mass is 16.6. The molecule has 2 aromatic heterocycles. The highest BCUT2D eigenvalue weighted by molar-refractivity contribution is 6.08. The molecule has 0 saturated carbocycles. The van der Waals surface area contributed by atoms with Crippen LogP contribution in [0.15, 0.2) is 41.5 Å². The third kappa shape index (κ3) is 7.40. The van der Waals surface area contributed by atoms with E-state index in [1.807, 2.05) is 0 Å². The van der Waals surface area contributed by atoms with Crippen molar-refractivity contribution in [3.63, 3.8) is 0 Å². The van der Waals surface area contributed by atoms with Crippen molar-refractivity contribution in [1.82, 2.24) is 24.4 Å². The maximum Gasteiger partial charge on any atom is 0.418 e. The standard InChI is InChI=1S/C32H42N6O6/c1-5-6-7-8-9-10-11-12-13-16-21-37-27(36-26-24(29(37)40)33-19-20-34-26)25(38-30(41)32(2,3)44-31(38)42)28(39)35-22-17-14-15-18-23(22)43-4/h14-15,17-20,25H,5-13,16,21H2,1-4H3,(H,35,39). The molecular weight excluding hydrogens is 564 g/mol. The molecule has 0 aliphatic carbocycles. The van der Waals surface area contributed by atoms with E-state index in [0.717, 1.165) is 24.2 Å². The first-order valence-corrected chi connectivity index (χ1v) is 15.4. The molecule has 0 bridgehead atoms. The summed E-state index contributed by atoms with van der Waals surface area (Å²) in [4.78, 5) is 68.1. The molecule has 1 aliphatic rings. The third-order valence-corrected chi connectivity index (χ3v) is 7.75. The number of carbonyl (C=O) groups is 3. The molecule has 1 N–H and O–H groups in total. The number of para-hydroxylation sites is 2. The third-order valence-electron chi connectivity index (χ3n) is 7.75. The number of imide groups is 1. The minimum Gasteiger partial charge on any atom is -0.495 e. The van der Waals surface area contributed by atoms with Gasteiger partial charge in [-0.15, -0.1) is 0 Å². The molecule has 3 heterocycles. The summed E-state index contributed by atoms with van der Waals surface area (Å²) in [5, 5.41) is 2.75. The summed E-state index contributed by atoms with van der Waals surface area (Å²) < 4.78 is 12.0. The molecule has 1 saturated heterocycles. The molecule has 1 aliphatic heterocycles. The topological polar surface area (TPSA) is 146 Å². The van der Waals surface area contributed by atoms with Gasteiger partial charge in [-0.05, 0) is 32.4 Å².